The Balaban J connectivity index is 0.000000274. The number of aliphatic hydroxyl groups excluding tert-OH is 1. The molecule has 3 aliphatic heterocycles. The lowest BCUT2D eigenvalue weighted by atomic mass is 9.89. The number of alkyl carbamates (subject to hydrolysis) is 1. The Morgan fingerprint density at radius 2 is 2.10 bits per heavy atom. The van der Waals surface area contributed by atoms with Gasteiger partial charge in [0.2, 0.25) is 0 Å². The maximum absolute atomic E-state index is 11.8. The smallest absolute Gasteiger partial charge is 0.415 e. The molecule has 170 valence electrons. The van der Waals surface area contributed by atoms with Gasteiger partial charge < -0.3 is 46.7 Å². The number of carbonyl (C=O) groups excluding carboxylic acids is 2. The van der Waals surface area contributed by atoms with Crippen molar-refractivity contribution in [3.8, 4) is 0 Å². The normalized spacial score (nSPS) is 29.9. The van der Waals surface area contributed by atoms with Crippen LogP contribution in [-0.2, 0) is 9.47 Å². The standard InChI is InChI=1S/C12H18N4O4.C6H14N2O2/c1-6(13)14-10-8-5-20-11(18)16(8)7(2)15-4-3-9(17)12(10,15)19;1-6(2,3)10-5(9)8-4-7/h8-10,14,17,19H,1-5,13H2;4,7H2,1-3H3,(H,8,9)/t8?,9-,10-,12-;/m0./s1. The first kappa shape index (κ1) is 23.6. The van der Waals surface area contributed by atoms with Gasteiger partial charge in [-0.05, 0) is 27.2 Å². The molecule has 2 amide bonds. The fourth-order valence-electron chi connectivity index (χ4n) is 3.72. The zero-order valence-electron chi connectivity index (χ0n) is 17.6. The Kier molecular flexibility index (Phi) is 6.74. The third-order valence-electron chi connectivity index (χ3n) is 4.87. The molecule has 0 aromatic rings. The molecule has 3 rings (SSSR count). The maximum atomic E-state index is 11.8. The molecule has 0 aromatic carbocycles. The van der Waals surface area contributed by atoms with Crippen molar-refractivity contribution >= 4 is 12.2 Å². The zero-order valence-corrected chi connectivity index (χ0v) is 17.6. The fraction of sp³-hybridized carbons (Fsp3) is 0.667. The van der Waals surface area contributed by atoms with Crippen molar-refractivity contribution in [2.75, 3.05) is 19.8 Å². The number of aliphatic hydroxyl groups is 2. The third kappa shape index (κ3) is 4.55. The summed E-state index contributed by atoms with van der Waals surface area (Å²) in [4.78, 5) is 25.4. The number of nitrogens with zero attached hydrogens (tertiary/aromatic N) is 2. The number of hydrogen-bond acceptors (Lipinski definition) is 10. The van der Waals surface area contributed by atoms with Gasteiger partial charge >= 0.3 is 12.2 Å². The highest BCUT2D eigenvalue weighted by molar-refractivity contribution is 5.73. The van der Waals surface area contributed by atoms with Crippen LogP contribution in [0, 0.1) is 0 Å². The molecule has 4 atom stereocenters. The number of nitrogens with two attached hydrogens (primary N) is 2. The number of hydrogen-bond donors (Lipinski definition) is 6. The summed E-state index contributed by atoms with van der Waals surface area (Å²) in [7, 11) is 0. The van der Waals surface area contributed by atoms with Crippen LogP contribution < -0.4 is 22.1 Å². The van der Waals surface area contributed by atoms with Crippen molar-refractivity contribution in [1.82, 2.24) is 20.4 Å². The van der Waals surface area contributed by atoms with E-state index >= 15 is 0 Å². The highest BCUT2D eigenvalue weighted by Gasteiger charge is 2.63. The highest BCUT2D eigenvalue weighted by atomic mass is 16.6. The van der Waals surface area contributed by atoms with Gasteiger partial charge in [-0.15, -0.1) is 0 Å². The summed E-state index contributed by atoms with van der Waals surface area (Å²) in [5.74, 6) is 0.478. The molecule has 3 heterocycles. The number of nitrogens with one attached hydrogen (secondary N) is 2. The molecule has 30 heavy (non-hydrogen) atoms. The first-order valence-electron chi connectivity index (χ1n) is 9.53. The summed E-state index contributed by atoms with van der Waals surface area (Å²) in [6.07, 6.45) is -1.60. The summed E-state index contributed by atoms with van der Waals surface area (Å²) in [6, 6.07) is -1.21. The fourth-order valence-corrected chi connectivity index (χ4v) is 3.72. The van der Waals surface area contributed by atoms with E-state index in [1.54, 1.807) is 20.8 Å². The van der Waals surface area contributed by atoms with Crippen LogP contribution in [-0.4, -0.2) is 81.5 Å². The Morgan fingerprint density at radius 3 is 2.63 bits per heavy atom. The van der Waals surface area contributed by atoms with E-state index in [0.717, 1.165) is 0 Å². The molecule has 8 N–H and O–H groups in total. The summed E-state index contributed by atoms with van der Waals surface area (Å²) < 4.78 is 9.87. The topological polar surface area (TPSA) is 176 Å². The van der Waals surface area contributed by atoms with E-state index in [-0.39, 0.29) is 19.1 Å². The number of amides is 2. The molecular weight excluding hydrogens is 396 g/mol. The molecule has 0 aliphatic carbocycles. The van der Waals surface area contributed by atoms with Gasteiger partial charge in [0.05, 0.1) is 12.5 Å². The molecule has 0 saturated carbocycles. The zero-order chi connectivity index (χ0) is 22.9. The van der Waals surface area contributed by atoms with Gasteiger partial charge in [0.25, 0.3) is 0 Å². The summed E-state index contributed by atoms with van der Waals surface area (Å²) >= 11 is 0. The minimum absolute atomic E-state index is 0.0890. The lowest BCUT2D eigenvalue weighted by molar-refractivity contribution is -0.181. The number of rotatable bonds is 3. The minimum Gasteiger partial charge on any atom is -0.447 e. The molecular formula is C18H32N6O6. The number of fused-ring (bicyclic) bond motifs is 2. The van der Waals surface area contributed by atoms with Crippen LogP contribution in [0.3, 0.4) is 0 Å². The number of cyclic esters (lactones) is 1. The van der Waals surface area contributed by atoms with Gasteiger partial charge in [0, 0.05) is 6.54 Å². The largest absolute Gasteiger partial charge is 0.447 e. The molecule has 0 aromatic heterocycles. The average molecular weight is 428 g/mol. The van der Waals surface area contributed by atoms with Gasteiger partial charge in [-0.3, -0.25) is 4.90 Å². The maximum Gasteiger partial charge on any atom is 0.415 e. The Labute approximate surface area is 175 Å². The molecule has 12 nitrogen and oxygen atoms in total. The van der Waals surface area contributed by atoms with Crippen molar-refractivity contribution in [1.29, 1.82) is 0 Å². The summed E-state index contributed by atoms with van der Waals surface area (Å²) in [5.41, 5.74) is 8.58. The van der Waals surface area contributed by atoms with Crippen LogP contribution in [0.2, 0.25) is 0 Å². The van der Waals surface area contributed by atoms with Crippen LogP contribution in [0.5, 0.6) is 0 Å². The van der Waals surface area contributed by atoms with E-state index in [0.29, 0.717) is 18.8 Å². The second-order valence-electron chi connectivity index (χ2n) is 8.20. The van der Waals surface area contributed by atoms with Crippen LogP contribution in [0.25, 0.3) is 0 Å². The van der Waals surface area contributed by atoms with E-state index in [1.165, 1.54) is 9.80 Å². The van der Waals surface area contributed by atoms with Crippen LogP contribution in [0.4, 0.5) is 9.59 Å². The Bertz CT molecular complexity index is 710. The lowest BCUT2D eigenvalue weighted by Gasteiger charge is -2.52. The molecule has 3 saturated heterocycles. The van der Waals surface area contributed by atoms with Crippen molar-refractivity contribution < 1.29 is 29.3 Å². The SMILES string of the molecule is C=C(N)N[C@H]1C2COC(=O)N2C(=C)N2CC[C@H](O)[C@]12O.CC(C)(C)OC(=O)NCN. The molecule has 12 heteroatoms. The second-order valence-corrected chi connectivity index (χ2v) is 8.20. The van der Waals surface area contributed by atoms with E-state index in [2.05, 4.69) is 23.8 Å². The van der Waals surface area contributed by atoms with Crippen LogP contribution in [0.1, 0.15) is 27.2 Å². The van der Waals surface area contributed by atoms with Crippen LogP contribution >= 0.6 is 0 Å². The van der Waals surface area contributed by atoms with Crippen LogP contribution in [0.15, 0.2) is 24.8 Å². The monoisotopic (exact) mass is 428 g/mol. The molecule has 0 spiro atoms. The first-order valence-corrected chi connectivity index (χ1v) is 9.53. The number of ether oxygens (including phenoxy) is 2. The molecule has 1 unspecified atom stereocenters. The van der Waals surface area contributed by atoms with Crippen molar-refractivity contribution in [3.05, 3.63) is 24.8 Å². The summed E-state index contributed by atoms with van der Waals surface area (Å²) in [5, 5.41) is 26.3. The average Bonchev–Trinajstić information content (AvgIpc) is 3.12. The first-order chi connectivity index (χ1) is 13.8. The molecule has 3 fully saturated rings. The Morgan fingerprint density at radius 1 is 1.47 bits per heavy atom. The van der Waals surface area contributed by atoms with Crippen molar-refractivity contribution in [2.45, 2.75) is 56.7 Å². The lowest BCUT2D eigenvalue weighted by Crippen LogP contribution is -2.74. The van der Waals surface area contributed by atoms with Gasteiger partial charge in [0.15, 0.2) is 5.72 Å². The third-order valence-corrected chi connectivity index (χ3v) is 4.87. The Hall–Kier alpha value is -2.70. The summed E-state index contributed by atoms with van der Waals surface area (Å²) in [6.45, 7) is 13.4. The molecule has 0 radical (unpaired) electrons. The second kappa shape index (κ2) is 8.58. The van der Waals surface area contributed by atoms with Gasteiger partial charge in [-0.2, -0.15) is 0 Å². The minimum atomic E-state index is -1.59. The van der Waals surface area contributed by atoms with Gasteiger partial charge in [-0.25, -0.2) is 9.59 Å². The van der Waals surface area contributed by atoms with Crippen molar-refractivity contribution in [3.63, 3.8) is 0 Å². The van der Waals surface area contributed by atoms with Gasteiger partial charge in [-0.1, -0.05) is 13.2 Å². The molecule has 3 aliphatic rings. The number of carbonyl (C=O) groups is 2. The predicted molar refractivity (Wildman–Crippen MR) is 107 cm³/mol. The van der Waals surface area contributed by atoms with E-state index < -0.39 is 41.7 Å². The van der Waals surface area contributed by atoms with Gasteiger partial charge in [0.1, 0.15) is 36.2 Å². The quantitative estimate of drug-likeness (QED) is 0.301. The van der Waals surface area contributed by atoms with E-state index in [1.807, 2.05) is 0 Å². The van der Waals surface area contributed by atoms with Crippen molar-refractivity contribution in [2.24, 2.45) is 11.5 Å². The van der Waals surface area contributed by atoms with E-state index in [4.69, 9.17) is 20.9 Å². The predicted octanol–water partition coefficient (Wildman–Crippen LogP) is -1.14. The highest BCUT2D eigenvalue weighted by Crippen LogP contribution is 2.43. The molecule has 0 bridgehead atoms. The van der Waals surface area contributed by atoms with E-state index in [9.17, 15) is 19.8 Å².